The van der Waals surface area contributed by atoms with E-state index in [1.54, 1.807) is 4.90 Å². The van der Waals surface area contributed by atoms with Crippen molar-refractivity contribution in [2.24, 2.45) is 0 Å². The Bertz CT molecular complexity index is 531. The number of carbonyl (C=O) groups is 1. The van der Waals surface area contributed by atoms with Crippen molar-refractivity contribution in [2.45, 2.75) is 44.8 Å². The summed E-state index contributed by atoms with van der Waals surface area (Å²) in [5, 5.41) is 12.8. The third kappa shape index (κ3) is 4.97. The molecule has 0 aliphatic carbocycles. The summed E-state index contributed by atoms with van der Waals surface area (Å²) in [7, 11) is 0. The number of nitrogens with one attached hydrogen (secondary N) is 1. The quantitative estimate of drug-likeness (QED) is 0.819. The minimum absolute atomic E-state index is 0.286. The van der Waals surface area contributed by atoms with E-state index in [0.717, 1.165) is 24.9 Å². The van der Waals surface area contributed by atoms with E-state index >= 15 is 0 Å². The molecular weight excluding hydrogens is 290 g/mol. The van der Waals surface area contributed by atoms with Crippen LogP contribution in [0.15, 0.2) is 30.3 Å². The van der Waals surface area contributed by atoms with E-state index in [1.807, 2.05) is 30.3 Å². The Balaban J connectivity index is 1.78. The predicted octanol–water partition coefficient (Wildman–Crippen LogP) is 3.07. The van der Waals surface area contributed by atoms with Gasteiger partial charge in [0.25, 0.3) is 0 Å². The molecule has 1 aliphatic heterocycles. The first-order valence-corrected chi connectivity index (χ1v) is 8.31. The molecule has 1 N–H and O–H groups in total. The summed E-state index contributed by atoms with van der Waals surface area (Å²) in [6.45, 7) is 4.38. The molecule has 1 aromatic carbocycles. The molecule has 0 saturated carbocycles. The molecular formula is C18H25N3O2. The number of rotatable bonds is 6. The average Bonchev–Trinajstić information content (AvgIpc) is 2.61. The first kappa shape index (κ1) is 17.3. The minimum atomic E-state index is -0.495. The van der Waals surface area contributed by atoms with Crippen molar-refractivity contribution in [1.29, 1.82) is 5.26 Å². The molecule has 0 aromatic heterocycles. The molecule has 1 aliphatic rings. The number of carbonyl (C=O) groups excluding carboxylic acids is 1. The zero-order chi connectivity index (χ0) is 16.5. The maximum atomic E-state index is 12.1. The molecule has 1 aromatic rings. The van der Waals surface area contributed by atoms with Crippen LogP contribution in [0, 0.1) is 11.3 Å². The van der Waals surface area contributed by atoms with Crippen LogP contribution in [0.5, 0.6) is 0 Å². The van der Waals surface area contributed by atoms with Gasteiger partial charge in [-0.3, -0.25) is 5.32 Å². The summed E-state index contributed by atoms with van der Waals surface area (Å²) in [5.41, 5.74) is 0.483. The first-order valence-electron chi connectivity index (χ1n) is 8.31. The third-order valence-corrected chi connectivity index (χ3v) is 4.29. The molecule has 1 amide bonds. The summed E-state index contributed by atoms with van der Waals surface area (Å²) in [6, 6.07) is 12.0. The number of likely N-dealkylation sites (tertiary alicyclic amines) is 1. The molecule has 1 heterocycles. The molecule has 2 rings (SSSR count). The second-order valence-electron chi connectivity index (χ2n) is 6.00. The number of unbranched alkanes of at least 4 members (excludes halogenated alkanes) is 1. The van der Waals surface area contributed by atoms with Crippen molar-refractivity contribution >= 4 is 6.09 Å². The Kier molecular flexibility index (Phi) is 6.42. The van der Waals surface area contributed by atoms with E-state index in [9.17, 15) is 10.1 Å². The van der Waals surface area contributed by atoms with E-state index in [4.69, 9.17) is 4.74 Å². The molecule has 124 valence electrons. The average molecular weight is 315 g/mol. The van der Waals surface area contributed by atoms with E-state index in [0.29, 0.717) is 25.9 Å². The van der Waals surface area contributed by atoms with Crippen molar-refractivity contribution in [2.75, 3.05) is 19.6 Å². The lowest BCUT2D eigenvalue weighted by molar-refractivity contribution is 0.0796. The number of amides is 1. The smallest absolute Gasteiger partial charge is 0.410 e. The standard InChI is InChI=1S/C18H25N3O2/c1-2-3-11-20-18(15-19)9-12-21(13-10-18)17(22)23-14-16-7-5-4-6-8-16/h4-8,20H,2-3,9-14H2,1H3. The van der Waals surface area contributed by atoms with Gasteiger partial charge in [0.2, 0.25) is 0 Å². The normalized spacial score (nSPS) is 16.6. The Hall–Kier alpha value is -2.06. The molecule has 1 fully saturated rings. The van der Waals surface area contributed by atoms with E-state index in [-0.39, 0.29) is 12.7 Å². The van der Waals surface area contributed by atoms with Crippen LogP contribution in [0.4, 0.5) is 4.79 Å². The van der Waals surface area contributed by atoms with Crippen LogP contribution >= 0.6 is 0 Å². The number of piperidine rings is 1. The Morgan fingerprint density at radius 2 is 2.04 bits per heavy atom. The second kappa shape index (κ2) is 8.54. The van der Waals surface area contributed by atoms with Gasteiger partial charge < -0.3 is 9.64 Å². The first-order chi connectivity index (χ1) is 11.2. The molecule has 0 atom stereocenters. The Labute approximate surface area is 138 Å². The highest BCUT2D eigenvalue weighted by atomic mass is 16.6. The van der Waals surface area contributed by atoms with E-state index < -0.39 is 5.54 Å². The maximum absolute atomic E-state index is 12.1. The van der Waals surface area contributed by atoms with Crippen LogP contribution in [0.1, 0.15) is 38.2 Å². The summed E-state index contributed by atoms with van der Waals surface area (Å²) in [6.07, 6.45) is 3.16. The molecule has 0 spiro atoms. The van der Waals surface area contributed by atoms with Gasteiger partial charge in [0.15, 0.2) is 0 Å². The number of ether oxygens (including phenoxy) is 1. The minimum Gasteiger partial charge on any atom is -0.445 e. The Morgan fingerprint density at radius 3 is 2.65 bits per heavy atom. The lowest BCUT2D eigenvalue weighted by atomic mass is 9.89. The SMILES string of the molecule is CCCCNC1(C#N)CCN(C(=O)OCc2ccccc2)CC1. The lowest BCUT2D eigenvalue weighted by Crippen LogP contribution is -2.53. The van der Waals surface area contributed by atoms with Crippen molar-refractivity contribution < 1.29 is 9.53 Å². The molecule has 5 heteroatoms. The highest BCUT2D eigenvalue weighted by Crippen LogP contribution is 2.22. The highest BCUT2D eigenvalue weighted by molar-refractivity contribution is 5.67. The van der Waals surface area contributed by atoms with Crippen LogP contribution < -0.4 is 5.32 Å². The largest absolute Gasteiger partial charge is 0.445 e. The van der Waals surface area contributed by atoms with Gasteiger partial charge >= 0.3 is 6.09 Å². The predicted molar refractivity (Wildman–Crippen MR) is 88.7 cm³/mol. The van der Waals surface area contributed by atoms with Gasteiger partial charge in [-0.25, -0.2) is 4.79 Å². The van der Waals surface area contributed by atoms with Gasteiger partial charge in [-0.2, -0.15) is 5.26 Å². The van der Waals surface area contributed by atoms with Crippen LogP contribution in [-0.4, -0.2) is 36.2 Å². The van der Waals surface area contributed by atoms with Gasteiger partial charge in [-0.15, -0.1) is 0 Å². The maximum Gasteiger partial charge on any atom is 0.410 e. The molecule has 0 radical (unpaired) electrons. The lowest BCUT2D eigenvalue weighted by Gasteiger charge is -2.37. The summed E-state index contributed by atoms with van der Waals surface area (Å²) in [4.78, 5) is 13.8. The monoisotopic (exact) mass is 315 g/mol. The molecule has 1 saturated heterocycles. The molecule has 0 unspecified atom stereocenters. The summed E-state index contributed by atoms with van der Waals surface area (Å²) < 4.78 is 5.35. The molecule has 23 heavy (non-hydrogen) atoms. The number of nitriles is 1. The number of benzene rings is 1. The van der Waals surface area contributed by atoms with Gasteiger partial charge in [0, 0.05) is 13.1 Å². The molecule has 5 nitrogen and oxygen atoms in total. The van der Waals surface area contributed by atoms with Crippen LogP contribution in [0.2, 0.25) is 0 Å². The van der Waals surface area contributed by atoms with E-state index in [2.05, 4.69) is 18.3 Å². The molecule has 0 bridgehead atoms. The fraction of sp³-hybridized carbons (Fsp3) is 0.556. The number of hydrogen-bond donors (Lipinski definition) is 1. The number of nitrogens with zero attached hydrogens (tertiary/aromatic N) is 2. The van der Waals surface area contributed by atoms with Crippen molar-refractivity contribution in [1.82, 2.24) is 10.2 Å². The van der Waals surface area contributed by atoms with Crippen molar-refractivity contribution in [3.63, 3.8) is 0 Å². The zero-order valence-corrected chi connectivity index (χ0v) is 13.8. The third-order valence-electron chi connectivity index (χ3n) is 4.29. The summed E-state index contributed by atoms with van der Waals surface area (Å²) in [5.74, 6) is 0. The Morgan fingerprint density at radius 1 is 1.35 bits per heavy atom. The number of hydrogen-bond acceptors (Lipinski definition) is 4. The highest BCUT2D eigenvalue weighted by Gasteiger charge is 2.35. The van der Waals surface area contributed by atoms with Crippen molar-refractivity contribution in [3.8, 4) is 6.07 Å². The van der Waals surface area contributed by atoms with Gasteiger partial charge in [-0.05, 0) is 31.4 Å². The van der Waals surface area contributed by atoms with Crippen molar-refractivity contribution in [3.05, 3.63) is 35.9 Å². The topological polar surface area (TPSA) is 65.4 Å². The summed E-state index contributed by atoms with van der Waals surface area (Å²) >= 11 is 0. The fourth-order valence-corrected chi connectivity index (χ4v) is 2.71. The van der Waals surface area contributed by atoms with Crippen LogP contribution in [0.25, 0.3) is 0 Å². The van der Waals surface area contributed by atoms with Crippen LogP contribution in [-0.2, 0) is 11.3 Å². The van der Waals surface area contributed by atoms with Crippen LogP contribution in [0.3, 0.4) is 0 Å². The van der Waals surface area contributed by atoms with Gasteiger partial charge in [0.1, 0.15) is 12.1 Å². The fourth-order valence-electron chi connectivity index (χ4n) is 2.71. The van der Waals surface area contributed by atoms with Gasteiger partial charge in [-0.1, -0.05) is 43.7 Å². The van der Waals surface area contributed by atoms with E-state index in [1.165, 1.54) is 0 Å². The zero-order valence-electron chi connectivity index (χ0n) is 13.8. The second-order valence-corrected chi connectivity index (χ2v) is 6.00. The van der Waals surface area contributed by atoms with Gasteiger partial charge in [0.05, 0.1) is 6.07 Å².